The van der Waals surface area contributed by atoms with Gasteiger partial charge in [0.15, 0.2) is 0 Å². The first-order valence-electron chi connectivity index (χ1n) is 5.85. The van der Waals surface area contributed by atoms with E-state index in [1.807, 2.05) is 0 Å². The molecule has 19 heavy (non-hydrogen) atoms. The van der Waals surface area contributed by atoms with Crippen molar-refractivity contribution in [1.29, 1.82) is 0 Å². The molecule has 106 valence electrons. The normalized spacial score (nSPS) is 15.6. The third-order valence-corrected chi connectivity index (χ3v) is 2.93. The van der Waals surface area contributed by atoms with Crippen molar-refractivity contribution in [3.63, 3.8) is 0 Å². The minimum atomic E-state index is 0. The van der Waals surface area contributed by atoms with Crippen molar-refractivity contribution in [1.82, 2.24) is 0 Å². The summed E-state index contributed by atoms with van der Waals surface area (Å²) in [7, 11) is 0. The van der Waals surface area contributed by atoms with Crippen LogP contribution in [0.1, 0.15) is 47.5 Å². The molecule has 0 aromatic rings. The van der Waals surface area contributed by atoms with Gasteiger partial charge in [0, 0.05) is 0 Å². The summed E-state index contributed by atoms with van der Waals surface area (Å²) in [6, 6.07) is 0. The van der Waals surface area contributed by atoms with Crippen LogP contribution in [0.5, 0.6) is 0 Å². The van der Waals surface area contributed by atoms with Crippen LogP contribution < -0.4 is 24.8 Å². The monoisotopic (exact) mass is 374 g/mol. The Bertz CT molecular complexity index is 382. The molecule has 0 aromatic heterocycles. The van der Waals surface area contributed by atoms with Crippen LogP contribution in [-0.2, 0) is 24.2 Å². The van der Waals surface area contributed by atoms with E-state index in [0.717, 1.165) is 12.8 Å². The van der Waals surface area contributed by atoms with Crippen molar-refractivity contribution in [2.45, 2.75) is 47.5 Å². The summed E-state index contributed by atoms with van der Waals surface area (Å²) in [5, 5.41) is 0. The first-order chi connectivity index (χ1) is 8.00. The Morgan fingerprint density at radius 2 is 1.47 bits per heavy atom. The van der Waals surface area contributed by atoms with Gasteiger partial charge in [0.05, 0.1) is 0 Å². The Kier molecular flexibility index (Phi) is 17.0. The van der Waals surface area contributed by atoms with Crippen molar-refractivity contribution in [2.75, 3.05) is 0 Å². The van der Waals surface area contributed by atoms with Gasteiger partial charge < -0.3 is 24.8 Å². The van der Waals surface area contributed by atoms with Gasteiger partial charge in [-0.15, -0.1) is 19.8 Å². The van der Waals surface area contributed by atoms with Crippen molar-refractivity contribution < 1.29 is 49.0 Å². The minimum Gasteiger partial charge on any atom is -1.00 e. The fraction of sp³-hybridized carbons (Fsp3) is 0.438. The average molecular weight is 376 g/mol. The third-order valence-electron chi connectivity index (χ3n) is 2.93. The molecule has 3 heteroatoms. The number of rotatable bonds is 0. The summed E-state index contributed by atoms with van der Waals surface area (Å²) < 4.78 is 3.34. The molecule has 0 radical (unpaired) electrons. The van der Waals surface area contributed by atoms with Gasteiger partial charge >= 0.3 is 28.4 Å². The summed E-state index contributed by atoms with van der Waals surface area (Å²) >= 11 is 1.30. The molecule has 0 N–H and O–H groups in total. The van der Waals surface area contributed by atoms with Crippen molar-refractivity contribution in [3.05, 3.63) is 46.1 Å². The molecule has 0 aliphatic heterocycles. The predicted octanol–water partition coefficient (Wildman–Crippen LogP) is -1.46. The molecule has 0 saturated carbocycles. The molecule has 0 nitrogen and oxygen atoms in total. The van der Waals surface area contributed by atoms with Gasteiger partial charge in [-0.3, -0.25) is 12.2 Å². The second kappa shape index (κ2) is 13.3. The van der Waals surface area contributed by atoms with Crippen LogP contribution in [0.4, 0.5) is 0 Å². The molecule has 0 atom stereocenters. The molecule has 0 amide bonds. The van der Waals surface area contributed by atoms with E-state index in [-0.39, 0.29) is 24.8 Å². The number of hydrogen-bond donors (Lipinski definition) is 0. The van der Waals surface area contributed by atoms with Crippen LogP contribution in [0.3, 0.4) is 0 Å². The summed E-state index contributed by atoms with van der Waals surface area (Å²) in [6.07, 6.45) is 10.7. The summed E-state index contributed by atoms with van der Waals surface area (Å²) in [5.74, 6) is 0. The van der Waals surface area contributed by atoms with Crippen LogP contribution >= 0.6 is 0 Å². The van der Waals surface area contributed by atoms with E-state index in [2.05, 4.69) is 57.1 Å². The molecule has 0 unspecified atom stereocenters. The van der Waals surface area contributed by atoms with Crippen molar-refractivity contribution in [2.24, 2.45) is 0 Å². The van der Waals surface area contributed by atoms with Gasteiger partial charge in [0.2, 0.25) is 0 Å². The smallest absolute Gasteiger partial charge is 1.00 e. The zero-order chi connectivity index (χ0) is 13.4. The molecule has 2 rings (SSSR count). The molecular formula is C16H22Cl2Zr-2. The van der Waals surface area contributed by atoms with E-state index >= 15 is 0 Å². The standard InChI is InChI=1S/C8H11.C7H9.CH2.2ClH.Zr/c1-6-4-5-7(2)8(6)3;1-6-3-4-7(2)5-6;;;;/h4H2,1-3H3;5H,3H2,1-2H3;1H2;2*1H;/q2*-1;;;;+2/p-2. The molecular weight excluding hydrogens is 354 g/mol. The molecule has 0 bridgehead atoms. The number of hydrogen-bond acceptors (Lipinski definition) is 0. The molecule has 0 heterocycles. The van der Waals surface area contributed by atoms with Gasteiger partial charge in [0.1, 0.15) is 0 Å². The van der Waals surface area contributed by atoms with E-state index < -0.39 is 0 Å². The first kappa shape index (κ1) is 24.3. The number of halogens is 2. The second-order valence-corrected chi connectivity index (χ2v) is 4.41. The fourth-order valence-corrected chi connectivity index (χ4v) is 1.60. The third kappa shape index (κ3) is 9.77. The van der Waals surface area contributed by atoms with E-state index in [9.17, 15) is 0 Å². The Morgan fingerprint density at radius 1 is 0.947 bits per heavy atom. The molecule has 0 fully saturated rings. The summed E-state index contributed by atoms with van der Waals surface area (Å²) in [6.45, 7) is 10.6. The van der Waals surface area contributed by atoms with E-state index in [1.54, 1.807) is 0 Å². The maximum absolute atomic E-state index is 3.34. The Labute approximate surface area is 146 Å². The van der Waals surface area contributed by atoms with E-state index in [0.29, 0.717) is 0 Å². The minimum absolute atomic E-state index is 0. The van der Waals surface area contributed by atoms with Crippen LogP contribution in [-0.4, -0.2) is 4.21 Å². The summed E-state index contributed by atoms with van der Waals surface area (Å²) in [4.78, 5) is 0. The second-order valence-electron chi connectivity index (χ2n) is 4.41. The molecule has 2 aliphatic rings. The van der Waals surface area contributed by atoms with Gasteiger partial charge in [0.25, 0.3) is 0 Å². The largest absolute Gasteiger partial charge is 1.00 e. The Hall–Kier alpha value is 0.293. The van der Waals surface area contributed by atoms with Crippen LogP contribution in [0.25, 0.3) is 0 Å². The van der Waals surface area contributed by atoms with E-state index in [1.165, 1.54) is 52.1 Å². The first-order valence-corrected chi connectivity index (χ1v) is 7.58. The maximum Gasteiger partial charge on any atom is -1.00 e. The zero-order valence-electron chi connectivity index (χ0n) is 12.5. The van der Waals surface area contributed by atoms with Crippen LogP contribution in [0, 0.1) is 12.2 Å². The predicted molar refractivity (Wildman–Crippen MR) is 73.3 cm³/mol. The van der Waals surface area contributed by atoms with E-state index in [4.69, 9.17) is 0 Å². The van der Waals surface area contributed by atoms with Gasteiger partial charge in [-0.25, -0.2) is 17.2 Å². The van der Waals surface area contributed by atoms with Crippen LogP contribution in [0.15, 0.2) is 33.9 Å². The number of allylic oxidation sites excluding steroid dienone is 8. The molecule has 2 aliphatic carbocycles. The molecule has 0 spiro atoms. The Morgan fingerprint density at radius 3 is 1.58 bits per heavy atom. The SMILES string of the molecule is CC1=[C-]CC(C)=C1.CC1=[C-]CC(C)=C1C.[CH2]=[Zr+2].[Cl-].[Cl-]. The van der Waals surface area contributed by atoms with Gasteiger partial charge in [-0.05, 0) is 0 Å². The summed E-state index contributed by atoms with van der Waals surface area (Å²) in [5.41, 5.74) is 6.96. The molecule has 0 saturated heterocycles. The fourth-order valence-electron chi connectivity index (χ4n) is 1.60. The van der Waals surface area contributed by atoms with Crippen LogP contribution in [0.2, 0.25) is 0 Å². The quantitative estimate of drug-likeness (QED) is 0.453. The van der Waals surface area contributed by atoms with Gasteiger partial charge in [-0.1, -0.05) is 27.7 Å². The van der Waals surface area contributed by atoms with Gasteiger partial charge in [-0.2, -0.15) is 16.7 Å². The zero-order valence-corrected chi connectivity index (χ0v) is 16.4. The Balaban J connectivity index is -0.000000219. The molecule has 0 aromatic carbocycles. The maximum atomic E-state index is 3.34. The average Bonchev–Trinajstić information content (AvgIpc) is 2.83. The van der Waals surface area contributed by atoms with Crippen molar-refractivity contribution >= 4 is 4.21 Å². The topological polar surface area (TPSA) is 0 Å². The van der Waals surface area contributed by atoms with Crippen molar-refractivity contribution in [3.8, 4) is 0 Å².